The maximum Gasteiger partial charge on any atom is 0.260 e. The summed E-state index contributed by atoms with van der Waals surface area (Å²) in [6.45, 7) is 11.6. The first-order valence-electron chi connectivity index (χ1n) is 6.97. The van der Waals surface area contributed by atoms with E-state index < -0.39 is 10.0 Å². The molecule has 0 aliphatic heterocycles. The predicted octanol–water partition coefficient (Wildman–Crippen LogP) is 1.54. The number of hydrogen-bond acceptors (Lipinski definition) is 4. The van der Waals surface area contributed by atoms with Crippen LogP contribution in [-0.4, -0.2) is 31.7 Å². The first-order valence-corrected chi connectivity index (χ1v) is 8.46. The van der Waals surface area contributed by atoms with E-state index >= 15 is 0 Å². The van der Waals surface area contributed by atoms with Gasteiger partial charge in [-0.15, -0.1) is 0 Å². The summed E-state index contributed by atoms with van der Waals surface area (Å²) in [5.41, 5.74) is 1.41. The van der Waals surface area contributed by atoms with Crippen LogP contribution < -0.4 is 10.0 Å². The molecule has 0 amide bonds. The van der Waals surface area contributed by atoms with Gasteiger partial charge in [-0.2, -0.15) is 5.10 Å². The van der Waals surface area contributed by atoms with E-state index in [0.29, 0.717) is 18.7 Å². The third kappa shape index (κ3) is 4.29. The zero-order valence-electron chi connectivity index (χ0n) is 13.0. The fourth-order valence-electron chi connectivity index (χ4n) is 1.59. The molecule has 3 N–H and O–H groups in total. The predicted molar refractivity (Wildman–Crippen MR) is 80.0 cm³/mol. The van der Waals surface area contributed by atoms with E-state index in [0.717, 1.165) is 18.7 Å². The third-order valence-corrected chi connectivity index (χ3v) is 4.91. The molecular formula is C13H26N4O2S. The maximum absolute atomic E-state index is 12.4. The van der Waals surface area contributed by atoms with Crippen LogP contribution in [-0.2, 0) is 16.6 Å². The molecule has 0 atom stereocenters. The molecule has 0 radical (unpaired) electrons. The number of hydrogen-bond donors (Lipinski definition) is 3. The van der Waals surface area contributed by atoms with E-state index in [1.54, 1.807) is 0 Å². The summed E-state index contributed by atoms with van der Waals surface area (Å²) in [6.07, 6.45) is 0.902. The Kier molecular flexibility index (Phi) is 5.73. The highest BCUT2D eigenvalue weighted by Gasteiger charge is 2.26. The molecule has 1 aromatic heterocycles. The number of aryl methyl sites for hydroxylation is 1. The Labute approximate surface area is 121 Å². The smallest absolute Gasteiger partial charge is 0.260 e. The molecular weight excluding hydrogens is 276 g/mol. The summed E-state index contributed by atoms with van der Waals surface area (Å²) in [7, 11) is -3.58. The highest BCUT2D eigenvalue weighted by atomic mass is 32.2. The number of nitrogens with one attached hydrogen (secondary N) is 3. The van der Waals surface area contributed by atoms with Crippen LogP contribution in [0.25, 0.3) is 0 Å². The fourth-order valence-corrected chi connectivity index (χ4v) is 3.03. The van der Waals surface area contributed by atoms with Crippen LogP contribution in [0.1, 0.15) is 45.4 Å². The van der Waals surface area contributed by atoms with E-state index in [4.69, 9.17) is 0 Å². The van der Waals surface area contributed by atoms with Crippen molar-refractivity contribution >= 4 is 10.0 Å². The lowest BCUT2D eigenvalue weighted by molar-refractivity contribution is 0.350. The molecule has 1 rings (SSSR count). The minimum absolute atomic E-state index is 0.0692. The van der Waals surface area contributed by atoms with Crippen molar-refractivity contribution in [3.05, 3.63) is 11.3 Å². The van der Waals surface area contributed by atoms with Gasteiger partial charge in [-0.3, -0.25) is 5.10 Å². The highest BCUT2D eigenvalue weighted by molar-refractivity contribution is 7.89. The van der Waals surface area contributed by atoms with Gasteiger partial charge in [0.1, 0.15) is 0 Å². The van der Waals surface area contributed by atoms with Crippen LogP contribution >= 0.6 is 0 Å². The highest BCUT2D eigenvalue weighted by Crippen LogP contribution is 2.20. The van der Waals surface area contributed by atoms with E-state index in [9.17, 15) is 8.42 Å². The minimum atomic E-state index is -3.58. The van der Waals surface area contributed by atoms with Gasteiger partial charge in [0.05, 0.1) is 0 Å². The van der Waals surface area contributed by atoms with Crippen LogP contribution in [0.15, 0.2) is 5.03 Å². The van der Waals surface area contributed by atoms with Crippen molar-refractivity contribution in [1.82, 2.24) is 20.2 Å². The van der Waals surface area contributed by atoms with E-state index in [-0.39, 0.29) is 10.4 Å². The summed E-state index contributed by atoms with van der Waals surface area (Å²) in [6, 6.07) is 0. The van der Waals surface area contributed by atoms with E-state index in [1.807, 2.05) is 34.6 Å². The SMILES string of the molecule is CCNCc1c(S(=O)(=O)NCC(C)(C)CC)n[nH]c1C. The summed E-state index contributed by atoms with van der Waals surface area (Å²) in [5.74, 6) is 0. The molecule has 1 heterocycles. The number of sulfonamides is 1. The Morgan fingerprint density at radius 2 is 1.95 bits per heavy atom. The number of aromatic nitrogens is 2. The van der Waals surface area contributed by atoms with Crippen molar-refractivity contribution in [2.24, 2.45) is 5.41 Å². The topological polar surface area (TPSA) is 86.9 Å². The van der Waals surface area contributed by atoms with Crippen molar-refractivity contribution < 1.29 is 8.42 Å². The first-order chi connectivity index (χ1) is 9.23. The second-order valence-electron chi connectivity index (χ2n) is 5.75. The molecule has 0 fully saturated rings. The summed E-state index contributed by atoms with van der Waals surface area (Å²) >= 11 is 0. The van der Waals surface area contributed by atoms with Gasteiger partial charge in [-0.1, -0.05) is 27.7 Å². The molecule has 20 heavy (non-hydrogen) atoms. The average Bonchev–Trinajstić information content (AvgIpc) is 2.76. The zero-order valence-corrected chi connectivity index (χ0v) is 13.8. The van der Waals surface area contributed by atoms with Crippen LogP contribution in [0.5, 0.6) is 0 Å². The monoisotopic (exact) mass is 302 g/mol. The van der Waals surface area contributed by atoms with Gasteiger partial charge in [-0.25, -0.2) is 13.1 Å². The maximum atomic E-state index is 12.4. The molecule has 0 saturated carbocycles. The summed E-state index contributed by atoms with van der Waals surface area (Å²) < 4.78 is 27.4. The van der Waals surface area contributed by atoms with Gasteiger partial charge >= 0.3 is 0 Å². The zero-order chi connectivity index (χ0) is 15.4. The van der Waals surface area contributed by atoms with Gasteiger partial charge in [0.25, 0.3) is 10.0 Å². The molecule has 1 aromatic rings. The number of H-pyrrole nitrogens is 1. The molecule has 7 heteroatoms. The molecule has 0 unspecified atom stereocenters. The molecule has 0 bridgehead atoms. The molecule has 0 aliphatic carbocycles. The van der Waals surface area contributed by atoms with Gasteiger partial charge in [-0.05, 0) is 25.3 Å². The fraction of sp³-hybridized carbons (Fsp3) is 0.769. The van der Waals surface area contributed by atoms with E-state index in [2.05, 4.69) is 20.2 Å². The van der Waals surface area contributed by atoms with Gasteiger partial charge in [0, 0.05) is 24.3 Å². The van der Waals surface area contributed by atoms with Crippen LogP contribution in [0.4, 0.5) is 0 Å². The Bertz CT molecular complexity index is 535. The molecule has 0 spiro atoms. The van der Waals surface area contributed by atoms with Gasteiger partial charge < -0.3 is 5.32 Å². The van der Waals surface area contributed by atoms with Crippen LogP contribution in [0, 0.1) is 12.3 Å². The molecule has 0 saturated heterocycles. The summed E-state index contributed by atoms with van der Waals surface area (Å²) in [5, 5.41) is 9.94. The van der Waals surface area contributed by atoms with Crippen molar-refractivity contribution in [3.8, 4) is 0 Å². The van der Waals surface area contributed by atoms with Crippen LogP contribution in [0.2, 0.25) is 0 Å². The van der Waals surface area contributed by atoms with Crippen molar-refractivity contribution in [2.45, 2.75) is 52.6 Å². The van der Waals surface area contributed by atoms with Crippen LogP contribution in [0.3, 0.4) is 0 Å². The molecule has 116 valence electrons. The third-order valence-electron chi connectivity index (χ3n) is 3.54. The largest absolute Gasteiger partial charge is 0.313 e. The Morgan fingerprint density at radius 1 is 1.30 bits per heavy atom. The minimum Gasteiger partial charge on any atom is -0.313 e. The first kappa shape index (κ1) is 17.1. The second-order valence-corrected chi connectivity index (χ2v) is 7.44. The number of rotatable bonds is 8. The Hall–Kier alpha value is -0.920. The Morgan fingerprint density at radius 3 is 2.50 bits per heavy atom. The molecule has 6 nitrogen and oxygen atoms in total. The lowest BCUT2D eigenvalue weighted by Gasteiger charge is -2.22. The van der Waals surface area contributed by atoms with Crippen molar-refractivity contribution in [2.75, 3.05) is 13.1 Å². The van der Waals surface area contributed by atoms with Gasteiger partial charge in [0.2, 0.25) is 0 Å². The van der Waals surface area contributed by atoms with Crippen molar-refractivity contribution in [3.63, 3.8) is 0 Å². The van der Waals surface area contributed by atoms with E-state index in [1.165, 1.54) is 0 Å². The molecule has 0 aromatic carbocycles. The standard InChI is InChI=1S/C13H26N4O2S/c1-6-13(4,5)9-15-20(18,19)12-11(8-14-7-2)10(3)16-17-12/h14-15H,6-9H2,1-5H3,(H,16,17). The lowest BCUT2D eigenvalue weighted by atomic mass is 9.91. The van der Waals surface area contributed by atoms with Crippen molar-refractivity contribution in [1.29, 1.82) is 0 Å². The lowest BCUT2D eigenvalue weighted by Crippen LogP contribution is -2.34. The number of nitrogens with zero attached hydrogens (tertiary/aromatic N) is 1. The quantitative estimate of drug-likeness (QED) is 0.680. The average molecular weight is 302 g/mol. The number of aromatic amines is 1. The normalized spacial score (nSPS) is 12.8. The molecule has 0 aliphatic rings. The van der Waals surface area contributed by atoms with Gasteiger partial charge in [0.15, 0.2) is 5.03 Å². The Balaban J connectivity index is 2.93. The second kappa shape index (κ2) is 6.69. The summed E-state index contributed by atoms with van der Waals surface area (Å²) in [4.78, 5) is 0.